The second kappa shape index (κ2) is 4.70. The summed E-state index contributed by atoms with van der Waals surface area (Å²) >= 11 is 0. The lowest BCUT2D eigenvalue weighted by Gasteiger charge is -2.30. The van der Waals surface area contributed by atoms with E-state index in [1.165, 1.54) is 4.90 Å². The molecule has 1 atom stereocenters. The van der Waals surface area contributed by atoms with Crippen LogP contribution in [0, 0.1) is 0 Å². The number of hydrogen-bond donors (Lipinski definition) is 0. The highest BCUT2D eigenvalue weighted by Gasteiger charge is 2.37. The summed E-state index contributed by atoms with van der Waals surface area (Å²) in [6, 6.07) is 13.2. The van der Waals surface area contributed by atoms with Crippen LogP contribution in [0.4, 0.5) is 0 Å². The number of ether oxygens (including phenoxy) is 1. The number of nitrogens with zero attached hydrogens (tertiary/aromatic N) is 1. The van der Waals surface area contributed by atoms with Gasteiger partial charge in [-0.25, -0.2) is 0 Å². The van der Waals surface area contributed by atoms with Crippen molar-refractivity contribution in [3.05, 3.63) is 64.7 Å². The largest absolute Gasteiger partial charge is 0.493 e. The van der Waals surface area contributed by atoms with Crippen LogP contribution < -0.4 is 4.74 Å². The maximum atomic E-state index is 12.7. The van der Waals surface area contributed by atoms with Gasteiger partial charge in [-0.1, -0.05) is 30.3 Å². The van der Waals surface area contributed by atoms with Crippen molar-refractivity contribution in [3.8, 4) is 5.75 Å². The number of amides is 2. The van der Waals surface area contributed by atoms with Gasteiger partial charge in [-0.05, 0) is 28.8 Å². The summed E-state index contributed by atoms with van der Waals surface area (Å²) in [7, 11) is 1.55. The highest BCUT2D eigenvalue weighted by molar-refractivity contribution is 6.12. The lowest BCUT2D eigenvalue weighted by molar-refractivity contribution is -0.128. The molecular weight excluding hydrogens is 278 g/mol. The number of likely N-dealkylation sites (N-methyl/N-ethyl adjacent to an activating group) is 1. The first-order chi connectivity index (χ1) is 10.7. The Morgan fingerprint density at radius 1 is 1.14 bits per heavy atom. The van der Waals surface area contributed by atoms with E-state index in [1.807, 2.05) is 36.4 Å². The summed E-state index contributed by atoms with van der Waals surface area (Å²) in [5.74, 6) is 0.0541. The van der Waals surface area contributed by atoms with E-state index in [0.29, 0.717) is 12.2 Å². The topological polar surface area (TPSA) is 46.6 Å². The van der Waals surface area contributed by atoms with Gasteiger partial charge in [-0.2, -0.15) is 0 Å². The fraction of sp³-hybridized carbons (Fsp3) is 0.222. The Morgan fingerprint density at radius 3 is 2.82 bits per heavy atom. The molecule has 2 heterocycles. The lowest BCUT2D eigenvalue weighted by atomic mass is 9.83. The van der Waals surface area contributed by atoms with Crippen LogP contribution in [0.1, 0.15) is 33.0 Å². The third-order valence-electron chi connectivity index (χ3n) is 4.43. The van der Waals surface area contributed by atoms with Crippen LogP contribution in [0.2, 0.25) is 0 Å². The van der Waals surface area contributed by atoms with Crippen LogP contribution in [0.5, 0.6) is 5.75 Å². The van der Waals surface area contributed by atoms with Crippen LogP contribution >= 0.6 is 0 Å². The Hall–Kier alpha value is -2.62. The molecule has 2 aliphatic rings. The molecule has 4 nitrogen and oxygen atoms in total. The quantitative estimate of drug-likeness (QED) is 0.758. The van der Waals surface area contributed by atoms with Gasteiger partial charge >= 0.3 is 0 Å². The summed E-state index contributed by atoms with van der Waals surface area (Å²) in [5, 5.41) is 0. The Morgan fingerprint density at radius 2 is 1.95 bits per heavy atom. The van der Waals surface area contributed by atoms with Crippen molar-refractivity contribution >= 4 is 11.8 Å². The van der Waals surface area contributed by atoms with E-state index in [1.54, 1.807) is 13.1 Å². The number of benzene rings is 2. The van der Waals surface area contributed by atoms with Crippen molar-refractivity contribution in [2.45, 2.75) is 12.3 Å². The molecule has 2 amide bonds. The fourth-order valence-electron chi connectivity index (χ4n) is 3.26. The van der Waals surface area contributed by atoms with Gasteiger partial charge in [0.05, 0.1) is 12.5 Å². The first-order valence-corrected chi connectivity index (χ1v) is 7.33. The van der Waals surface area contributed by atoms with Crippen LogP contribution in [0.3, 0.4) is 0 Å². The molecule has 0 N–H and O–H groups in total. The molecule has 0 fully saturated rings. The third kappa shape index (κ3) is 1.77. The van der Waals surface area contributed by atoms with E-state index in [4.69, 9.17) is 4.74 Å². The van der Waals surface area contributed by atoms with Gasteiger partial charge in [0, 0.05) is 19.0 Å². The average Bonchev–Trinajstić information content (AvgIpc) is 3.01. The third-order valence-corrected chi connectivity index (χ3v) is 4.43. The Labute approximate surface area is 128 Å². The molecule has 22 heavy (non-hydrogen) atoms. The van der Waals surface area contributed by atoms with E-state index in [2.05, 4.69) is 0 Å². The van der Waals surface area contributed by atoms with Crippen molar-refractivity contribution in [1.29, 1.82) is 0 Å². The Kier molecular flexibility index (Phi) is 2.79. The normalized spacial score (nSPS) is 19.7. The zero-order valence-corrected chi connectivity index (χ0v) is 12.2. The van der Waals surface area contributed by atoms with Gasteiger partial charge in [0.2, 0.25) is 5.91 Å². The van der Waals surface area contributed by atoms with Gasteiger partial charge in [-0.3, -0.25) is 14.5 Å². The number of fused-ring (bicyclic) bond motifs is 2. The first kappa shape index (κ1) is 13.1. The summed E-state index contributed by atoms with van der Waals surface area (Å²) in [5.41, 5.74) is 3.43. The molecule has 2 aromatic rings. The molecule has 0 radical (unpaired) electrons. The van der Waals surface area contributed by atoms with E-state index in [9.17, 15) is 9.59 Å². The molecule has 0 spiro atoms. The van der Waals surface area contributed by atoms with Gasteiger partial charge < -0.3 is 4.74 Å². The highest BCUT2D eigenvalue weighted by Crippen LogP contribution is 2.36. The molecule has 0 saturated heterocycles. The van der Waals surface area contributed by atoms with Crippen molar-refractivity contribution < 1.29 is 14.3 Å². The molecule has 0 aliphatic carbocycles. The van der Waals surface area contributed by atoms with E-state index < -0.39 is 5.92 Å². The number of carbonyl (C=O) groups excluding carboxylic acids is 2. The maximum Gasteiger partial charge on any atom is 0.260 e. The minimum Gasteiger partial charge on any atom is -0.493 e. The molecule has 0 aromatic heterocycles. The summed E-state index contributed by atoms with van der Waals surface area (Å²) < 4.78 is 5.53. The first-order valence-electron chi connectivity index (χ1n) is 7.33. The van der Waals surface area contributed by atoms with Gasteiger partial charge in [-0.15, -0.1) is 0 Å². The summed E-state index contributed by atoms with van der Waals surface area (Å²) in [4.78, 5) is 26.2. The van der Waals surface area contributed by atoms with E-state index >= 15 is 0 Å². The molecule has 0 saturated carbocycles. The summed E-state index contributed by atoms with van der Waals surface area (Å²) in [6.07, 6.45) is 0.862. The highest BCUT2D eigenvalue weighted by atomic mass is 16.5. The lowest BCUT2D eigenvalue weighted by Crippen LogP contribution is -2.42. The van der Waals surface area contributed by atoms with Crippen molar-refractivity contribution in [2.75, 3.05) is 13.7 Å². The zero-order valence-electron chi connectivity index (χ0n) is 12.2. The molecule has 2 aromatic carbocycles. The van der Waals surface area contributed by atoms with Gasteiger partial charge in [0.15, 0.2) is 0 Å². The van der Waals surface area contributed by atoms with Crippen LogP contribution in [-0.4, -0.2) is 30.4 Å². The molecule has 4 rings (SSSR count). The number of carbonyl (C=O) groups is 2. The average molecular weight is 293 g/mol. The van der Waals surface area contributed by atoms with Crippen LogP contribution in [-0.2, 0) is 11.2 Å². The van der Waals surface area contributed by atoms with Crippen LogP contribution in [0.25, 0.3) is 0 Å². The van der Waals surface area contributed by atoms with Gasteiger partial charge in [0.1, 0.15) is 5.75 Å². The second-order valence-corrected chi connectivity index (χ2v) is 5.69. The summed E-state index contributed by atoms with van der Waals surface area (Å²) in [6.45, 7) is 0.687. The molecule has 2 aliphatic heterocycles. The standard InChI is InChI=1S/C18H15NO3/c1-19-17(20)14-5-3-2-4-13(14)16(18(19)21)12-6-7-15-11(10-12)8-9-22-15/h2-7,10,16H,8-9H2,1H3. The molecule has 110 valence electrons. The van der Waals surface area contributed by atoms with E-state index in [0.717, 1.165) is 28.9 Å². The molecule has 0 bridgehead atoms. The number of imide groups is 1. The molecule has 4 heteroatoms. The van der Waals surface area contributed by atoms with Crippen LogP contribution in [0.15, 0.2) is 42.5 Å². The second-order valence-electron chi connectivity index (χ2n) is 5.69. The minimum absolute atomic E-state index is 0.178. The zero-order chi connectivity index (χ0) is 15.3. The number of hydrogen-bond acceptors (Lipinski definition) is 3. The van der Waals surface area contributed by atoms with Crippen molar-refractivity contribution in [2.24, 2.45) is 0 Å². The Balaban J connectivity index is 1.88. The molecular formula is C18H15NO3. The monoisotopic (exact) mass is 293 g/mol. The van der Waals surface area contributed by atoms with Gasteiger partial charge in [0.25, 0.3) is 5.91 Å². The molecule has 1 unspecified atom stereocenters. The predicted molar refractivity (Wildman–Crippen MR) is 81.0 cm³/mol. The minimum atomic E-state index is -0.426. The maximum absolute atomic E-state index is 12.7. The SMILES string of the molecule is CN1C(=O)c2ccccc2C(c2ccc3c(c2)CCO3)C1=O. The smallest absolute Gasteiger partial charge is 0.260 e. The fourth-order valence-corrected chi connectivity index (χ4v) is 3.26. The van der Waals surface area contributed by atoms with Crippen molar-refractivity contribution in [3.63, 3.8) is 0 Å². The Bertz CT molecular complexity index is 797. The van der Waals surface area contributed by atoms with E-state index in [-0.39, 0.29) is 11.8 Å². The number of rotatable bonds is 1. The predicted octanol–water partition coefficient (Wildman–Crippen LogP) is 2.37. The van der Waals surface area contributed by atoms with Crippen molar-refractivity contribution in [1.82, 2.24) is 4.90 Å².